The molecule has 1 aromatic rings. The molecule has 1 atom stereocenters. The minimum absolute atomic E-state index is 0. The van der Waals surface area contributed by atoms with Crippen molar-refractivity contribution in [2.75, 3.05) is 44.2 Å². The van der Waals surface area contributed by atoms with Gasteiger partial charge in [-0.15, -0.1) is 24.0 Å². The van der Waals surface area contributed by atoms with E-state index < -0.39 is 6.09 Å². The van der Waals surface area contributed by atoms with Crippen LogP contribution in [-0.4, -0.2) is 78.0 Å². The molecule has 0 aromatic carbocycles. The molecule has 2 rings (SSSR count). The number of aliphatic imine (C=N–C) groups is 1. The number of piperazine rings is 1. The fourth-order valence-corrected chi connectivity index (χ4v) is 3.38. The molecular weight excluding hydrogens is 513 g/mol. The summed E-state index contributed by atoms with van der Waals surface area (Å²) in [6.45, 7) is 10.9. The Balaban J connectivity index is 0.00000480. The number of halogens is 1. The fourth-order valence-electron chi connectivity index (χ4n) is 3.38. The van der Waals surface area contributed by atoms with Crippen LogP contribution in [-0.2, 0) is 16.6 Å². The first-order valence-corrected chi connectivity index (χ1v) is 10.6. The lowest BCUT2D eigenvalue weighted by molar-refractivity contribution is -0.120. The summed E-state index contributed by atoms with van der Waals surface area (Å²) in [5.74, 6) is 1.08. The van der Waals surface area contributed by atoms with Gasteiger partial charge in [-0.2, -0.15) is 5.10 Å². The van der Waals surface area contributed by atoms with Crippen molar-refractivity contribution in [1.82, 2.24) is 25.3 Å². The molecule has 11 heteroatoms. The summed E-state index contributed by atoms with van der Waals surface area (Å²) >= 11 is 0. The van der Waals surface area contributed by atoms with Crippen molar-refractivity contribution in [1.29, 1.82) is 0 Å². The number of aromatic nitrogens is 2. The predicted octanol–water partition coefficient (Wildman–Crippen LogP) is 1.81. The van der Waals surface area contributed by atoms with Crippen molar-refractivity contribution in [2.24, 2.45) is 18.0 Å². The molecule has 0 bridgehead atoms. The number of carbonyl (C=O) groups is 2. The van der Waals surface area contributed by atoms with Crippen LogP contribution in [0.4, 0.5) is 10.5 Å². The Bertz CT molecular complexity index is 738. The molecular formula is C20H36IN7O3. The Labute approximate surface area is 201 Å². The molecule has 0 radical (unpaired) electrons. The lowest BCUT2D eigenvalue weighted by Crippen LogP contribution is -2.55. The van der Waals surface area contributed by atoms with E-state index in [4.69, 9.17) is 9.73 Å². The van der Waals surface area contributed by atoms with E-state index in [0.717, 1.165) is 12.1 Å². The number of hydrogen-bond donors (Lipinski definition) is 2. The Morgan fingerprint density at radius 1 is 1.32 bits per heavy atom. The minimum atomic E-state index is -0.427. The summed E-state index contributed by atoms with van der Waals surface area (Å²) in [5.41, 5.74) is 0.805. The van der Waals surface area contributed by atoms with E-state index in [1.165, 1.54) is 0 Å². The third-order valence-corrected chi connectivity index (χ3v) is 4.67. The van der Waals surface area contributed by atoms with Gasteiger partial charge in [0, 0.05) is 32.9 Å². The maximum Gasteiger partial charge on any atom is 0.407 e. The predicted molar refractivity (Wildman–Crippen MR) is 132 cm³/mol. The van der Waals surface area contributed by atoms with Crippen molar-refractivity contribution >= 4 is 47.6 Å². The van der Waals surface area contributed by atoms with E-state index in [9.17, 15) is 9.59 Å². The summed E-state index contributed by atoms with van der Waals surface area (Å²) in [6, 6.07) is -0.134. The molecule has 0 spiro atoms. The first-order valence-electron chi connectivity index (χ1n) is 10.6. The average molecular weight is 549 g/mol. The highest BCUT2D eigenvalue weighted by Crippen LogP contribution is 2.16. The second-order valence-electron chi connectivity index (χ2n) is 7.73. The number of nitrogens with one attached hydrogen (secondary N) is 2. The molecule has 1 aromatic heterocycles. The van der Waals surface area contributed by atoms with Gasteiger partial charge in [0.2, 0.25) is 5.91 Å². The van der Waals surface area contributed by atoms with Gasteiger partial charge in [-0.3, -0.25) is 14.5 Å². The average Bonchev–Trinajstić information content (AvgIpc) is 3.10. The highest BCUT2D eigenvalue weighted by molar-refractivity contribution is 14.0. The Morgan fingerprint density at radius 3 is 2.61 bits per heavy atom. The van der Waals surface area contributed by atoms with Crippen LogP contribution in [0.15, 0.2) is 17.4 Å². The zero-order valence-corrected chi connectivity index (χ0v) is 21.5. The van der Waals surface area contributed by atoms with Gasteiger partial charge >= 0.3 is 6.09 Å². The fraction of sp³-hybridized carbons (Fsp3) is 0.700. The van der Waals surface area contributed by atoms with Gasteiger partial charge in [-0.25, -0.2) is 4.79 Å². The van der Waals surface area contributed by atoms with Gasteiger partial charge in [0.15, 0.2) is 5.96 Å². The highest BCUT2D eigenvalue weighted by atomic mass is 127. The topological polar surface area (TPSA) is 104 Å². The lowest BCUT2D eigenvalue weighted by Gasteiger charge is -2.35. The molecule has 0 saturated carbocycles. The normalized spacial score (nSPS) is 15.5. The Kier molecular flexibility index (Phi) is 11.6. The number of carbonyl (C=O) groups excluding carboxylic acids is 2. The summed E-state index contributed by atoms with van der Waals surface area (Å²) < 4.78 is 6.70. The van der Waals surface area contributed by atoms with Crippen LogP contribution in [0.2, 0.25) is 0 Å². The van der Waals surface area contributed by atoms with Crippen LogP contribution in [0.25, 0.3) is 0 Å². The van der Waals surface area contributed by atoms with Crippen molar-refractivity contribution < 1.29 is 14.3 Å². The smallest absolute Gasteiger partial charge is 0.407 e. The zero-order chi connectivity index (χ0) is 22.1. The number of aryl methyl sites for hydroxylation is 1. The molecule has 2 N–H and O–H groups in total. The van der Waals surface area contributed by atoms with Crippen molar-refractivity contribution in [3.63, 3.8) is 0 Å². The Hall–Kier alpha value is -2.05. The summed E-state index contributed by atoms with van der Waals surface area (Å²) in [6.07, 6.45) is 3.90. The van der Waals surface area contributed by atoms with Gasteiger partial charge in [0.25, 0.3) is 0 Å². The van der Waals surface area contributed by atoms with Crippen LogP contribution in [0, 0.1) is 5.92 Å². The van der Waals surface area contributed by atoms with E-state index in [2.05, 4.69) is 29.6 Å². The highest BCUT2D eigenvalue weighted by Gasteiger charge is 2.28. The van der Waals surface area contributed by atoms with Gasteiger partial charge < -0.3 is 25.2 Å². The second-order valence-corrected chi connectivity index (χ2v) is 7.73. The number of ether oxygens (including phenoxy) is 1. The monoisotopic (exact) mass is 549 g/mol. The number of anilines is 1. The SMILES string of the molecule is CCNC(=NCC(CC(C)C)NC(=O)OCC)N1CCN(c2cnn(C)c2)C(=O)C1.I. The second kappa shape index (κ2) is 13.4. The molecule has 1 fully saturated rings. The van der Waals surface area contributed by atoms with Gasteiger partial charge in [0.05, 0.1) is 31.1 Å². The van der Waals surface area contributed by atoms with Crippen molar-refractivity contribution in [2.45, 2.75) is 40.2 Å². The number of nitrogens with zero attached hydrogens (tertiary/aromatic N) is 5. The van der Waals surface area contributed by atoms with E-state index >= 15 is 0 Å². The molecule has 1 unspecified atom stereocenters. The summed E-state index contributed by atoms with van der Waals surface area (Å²) in [7, 11) is 1.83. The van der Waals surface area contributed by atoms with Gasteiger partial charge in [-0.1, -0.05) is 13.8 Å². The van der Waals surface area contributed by atoms with Crippen LogP contribution in [0.1, 0.15) is 34.1 Å². The largest absolute Gasteiger partial charge is 0.450 e. The standard InChI is InChI=1S/C20H35N7O3.HI/c1-6-21-19(22-11-16(10-15(3)4)24-20(29)30-7-2)26-8-9-27(18(28)14-26)17-12-23-25(5)13-17;/h12-13,15-16H,6-11,14H2,1-5H3,(H,21,22)(H,24,29);1H. The number of alkyl carbamates (subject to hydrolysis) is 1. The third-order valence-electron chi connectivity index (χ3n) is 4.67. The van der Waals surface area contributed by atoms with Crippen LogP contribution >= 0.6 is 24.0 Å². The number of amides is 2. The maximum absolute atomic E-state index is 12.7. The first kappa shape index (κ1) is 27.0. The lowest BCUT2D eigenvalue weighted by atomic mass is 10.0. The molecule has 1 aliphatic rings. The molecule has 2 amide bonds. The molecule has 10 nitrogen and oxygen atoms in total. The molecule has 1 aliphatic heterocycles. The van der Waals surface area contributed by atoms with Gasteiger partial charge in [0.1, 0.15) is 6.54 Å². The molecule has 176 valence electrons. The number of rotatable bonds is 8. The third kappa shape index (κ3) is 8.54. The summed E-state index contributed by atoms with van der Waals surface area (Å²) in [4.78, 5) is 33.0. The van der Waals surface area contributed by atoms with Crippen LogP contribution in [0.3, 0.4) is 0 Å². The number of hydrogen-bond acceptors (Lipinski definition) is 5. The molecule has 31 heavy (non-hydrogen) atoms. The van der Waals surface area contributed by atoms with Crippen LogP contribution in [0.5, 0.6) is 0 Å². The first-order chi connectivity index (χ1) is 14.3. The minimum Gasteiger partial charge on any atom is -0.450 e. The quantitative estimate of drug-likeness (QED) is 0.291. The molecule has 2 heterocycles. The van der Waals surface area contributed by atoms with E-state index in [-0.39, 0.29) is 42.5 Å². The van der Waals surface area contributed by atoms with E-state index in [0.29, 0.717) is 44.7 Å². The van der Waals surface area contributed by atoms with Crippen LogP contribution < -0.4 is 15.5 Å². The zero-order valence-electron chi connectivity index (χ0n) is 19.1. The number of guanidine groups is 1. The maximum atomic E-state index is 12.7. The van der Waals surface area contributed by atoms with E-state index in [1.807, 2.05) is 25.1 Å². The van der Waals surface area contributed by atoms with Gasteiger partial charge in [-0.05, 0) is 26.2 Å². The van der Waals surface area contributed by atoms with Crippen molar-refractivity contribution in [3.05, 3.63) is 12.4 Å². The van der Waals surface area contributed by atoms with E-state index in [1.54, 1.807) is 22.7 Å². The van der Waals surface area contributed by atoms with Crippen molar-refractivity contribution in [3.8, 4) is 0 Å². The summed E-state index contributed by atoms with van der Waals surface area (Å²) in [5, 5.41) is 10.3. The Morgan fingerprint density at radius 2 is 2.06 bits per heavy atom. The molecule has 1 saturated heterocycles. The molecule has 0 aliphatic carbocycles.